The SMILES string of the molecule is Cc1ccc(S(=O)(=O)Nc2cc(N)c(Cl)cc2Cl)cc1. The molecule has 2 aromatic carbocycles. The average molecular weight is 331 g/mol. The zero-order chi connectivity index (χ0) is 14.9. The first-order chi connectivity index (χ1) is 9.29. The van der Waals surface area contributed by atoms with Crippen molar-refractivity contribution in [1.82, 2.24) is 0 Å². The van der Waals surface area contributed by atoms with Crippen molar-refractivity contribution >= 4 is 44.6 Å². The summed E-state index contributed by atoms with van der Waals surface area (Å²) >= 11 is 11.8. The molecule has 0 aliphatic heterocycles. The lowest BCUT2D eigenvalue weighted by molar-refractivity contribution is 0.601. The number of benzene rings is 2. The Kier molecular flexibility index (Phi) is 4.13. The highest BCUT2D eigenvalue weighted by atomic mass is 35.5. The Morgan fingerprint density at radius 2 is 1.65 bits per heavy atom. The van der Waals surface area contributed by atoms with Crippen molar-refractivity contribution in [1.29, 1.82) is 0 Å². The summed E-state index contributed by atoms with van der Waals surface area (Å²) in [5, 5.41) is 0.452. The van der Waals surface area contributed by atoms with Crippen LogP contribution in [-0.2, 0) is 10.0 Å². The number of sulfonamides is 1. The van der Waals surface area contributed by atoms with Crippen LogP contribution in [0.4, 0.5) is 11.4 Å². The van der Waals surface area contributed by atoms with Crippen LogP contribution in [0.15, 0.2) is 41.3 Å². The summed E-state index contributed by atoms with van der Waals surface area (Å²) < 4.78 is 26.8. The van der Waals surface area contributed by atoms with Gasteiger partial charge in [0, 0.05) is 0 Å². The maximum atomic E-state index is 12.2. The summed E-state index contributed by atoms with van der Waals surface area (Å²) in [5.41, 5.74) is 7.05. The standard InChI is InChI=1S/C13H12Cl2N2O2S/c1-8-2-4-9(5-3-8)20(18,19)17-13-7-12(16)10(14)6-11(13)15/h2-7,17H,16H2,1H3. The molecule has 0 saturated heterocycles. The molecule has 2 aromatic rings. The second kappa shape index (κ2) is 5.52. The zero-order valence-corrected chi connectivity index (χ0v) is 12.9. The average Bonchev–Trinajstić information content (AvgIpc) is 2.36. The third-order valence-corrected chi connectivity index (χ3v) is 4.68. The molecule has 0 bridgehead atoms. The summed E-state index contributed by atoms with van der Waals surface area (Å²) in [6, 6.07) is 9.25. The van der Waals surface area contributed by atoms with E-state index in [1.165, 1.54) is 24.3 Å². The Balaban J connectivity index is 2.38. The maximum Gasteiger partial charge on any atom is 0.261 e. The van der Waals surface area contributed by atoms with E-state index in [0.717, 1.165) is 5.56 Å². The number of halogens is 2. The van der Waals surface area contributed by atoms with E-state index in [2.05, 4.69) is 4.72 Å². The Morgan fingerprint density at radius 1 is 1.05 bits per heavy atom. The molecule has 0 saturated carbocycles. The Labute approximate surface area is 127 Å². The molecule has 3 N–H and O–H groups in total. The third-order valence-electron chi connectivity index (χ3n) is 2.66. The first-order valence-corrected chi connectivity index (χ1v) is 7.87. The maximum absolute atomic E-state index is 12.2. The monoisotopic (exact) mass is 330 g/mol. The van der Waals surface area contributed by atoms with Crippen molar-refractivity contribution < 1.29 is 8.42 Å². The van der Waals surface area contributed by atoms with E-state index in [4.69, 9.17) is 28.9 Å². The van der Waals surface area contributed by atoms with E-state index in [-0.39, 0.29) is 26.3 Å². The molecule has 0 heterocycles. The van der Waals surface area contributed by atoms with E-state index >= 15 is 0 Å². The number of hydrogen-bond donors (Lipinski definition) is 2. The third kappa shape index (κ3) is 3.17. The van der Waals surface area contributed by atoms with Crippen molar-refractivity contribution in [3.8, 4) is 0 Å². The number of aryl methyl sites for hydroxylation is 1. The van der Waals surface area contributed by atoms with Gasteiger partial charge in [-0.3, -0.25) is 4.72 Å². The normalized spacial score (nSPS) is 11.3. The summed E-state index contributed by atoms with van der Waals surface area (Å²) in [6.07, 6.45) is 0. The molecule has 0 aliphatic carbocycles. The molecule has 0 amide bonds. The fourth-order valence-corrected chi connectivity index (χ4v) is 3.12. The molecule has 0 spiro atoms. The van der Waals surface area contributed by atoms with Crippen molar-refractivity contribution in [2.45, 2.75) is 11.8 Å². The van der Waals surface area contributed by atoms with Crippen LogP contribution in [0.25, 0.3) is 0 Å². The summed E-state index contributed by atoms with van der Waals surface area (Å²) in [5.74, 6) is 0. The number of anilines is 2. The molecule has 0 atom stereocenters. The van der Waals surface area contributed by atoms with Crippen LogP contribution in [0.3, 0.4) is 0 Å². The highest BCUT2D eigenvalue weighted by molar-refractivity contribution is 7.92. The molecular formula is C13H12Cl2N2O2S. The van der Waals surface area contributed by atoms with E-state index in [0.29, 0.717) is 0 Å². The van der Waals surface area contributed by atoms with Crippen LogP contribution < -0.4 is 10.5 Å². The lowest BCUT2D eigenvalue weighted by atomic mass is 10.2. The van der Waals surface area contributed by atoms with Crippen LogP contribution in [0.2, 0.25) is 10.0 Å². The van der Waals surface area contributed by atoms with Gasteiger partial charge in [-0.05, 0) is 31.2 Å². The molecule has 0 aliphatic rings. The second-order valence-electron chi connectivity index (χ2n) is 4.27. The minimum Gasteiger partial charge on any atom is -0.397 e. The Bertz CT molecular complexity index is 744. The number of nitrogens with one attached hydrogen (secondary N) is 1. The molecule has 0 fully saturated rings. The summed E-state index contributed by atoms with van der Waals surface area (Å²) in [4.78, 5) is 0.146. The van der Waals surface area contributed by atoms with E-state index in [9.17, 15) is 8.42 Å². The topological polar surface area (TPSA) is 72.2 Å². The quantitative estimate of drug-likeness (QED) is 0.843. The molecule has 20 heavy (non-hydrogen) atoms. The molecule has 7 heteroatoms. The van der Waals surface area contributed by atoms with Gasteiger partial charge in [0.1, 0.15) is 0 Å². The van der Waals surface area contributed by atoms with E-state index in [1.807, 2.05) is 6.92 Å². The molecular weight excluding hydrogens is 319 g/mol. The largest absolute Gasteiger partial charge is 0.397 e. The van der Waals surface area contributed by atoms with Gasteiger partial charge >= 0.3 is 0 Å². The number of nitrogen functional groups attached to an aromatic ring is 1. The highest BCUT2D eigenvalue weighted by Gasteiger charge is 2.16. The van der Waals surface area contributed by atoms with Gasteiger partial charge in [0.25, 0.3) is 10.0 Å². The lowest BCUT2D eigenvalue weighted by Gasteiger charge is -2.11. The molecule has 4 nitrogen and oxygen atoms in total. The smallest absolute Gasteiger partial charge is 0.261 e. The fraction of sp³-hybridized carbons (Fsp3) is 0.0769. The van der Waals surface area contributed by atoms with Crippen molar-refractivity contribution in [2.24, 2.45) is 0 Å². The van der Waals surface area contributed by atoms with Crippen molar-refractivity contribution in [3.63, 3.8) is 0 Å². The van der Waals surface area contributed by atoms with Gasteiger partial charge in [0.15, 0.2) is 0 Å². The number of rotatable bonds is 3. The summed E-state index contributed by atoms with van der Waals surface area (Å²) in [7, 11) is -3.72. The number of nitrogens with two attached hydrogens (primary N) is 1. The predicted octanol–water partition coefficient (Wildman–Crippen LogP) is 3.68. The van der Waals surface area contributed by atoms with Crippen LogP contribution >= 0.6 is 23.2 Å². The Morgan fingerprint density at radius 3 is 2.25 bits per heavy atom. The van der Waals surface area contributed by atoms with Gasteiger partial charge in [-0.25, -0.2) is 8.42 Å². The molecule has 106 valence electrons. The van der Waals surface area contributed by atoms with Gasteiger partial charge in [-0.1, -0.05) is 40.9 Å². The van der Waals surface area contributed by atoms with Crippen molar-refractivity contribution in [2.75, 3.05) is 10.5 Å². The van der Waals surface area contributed by atoms with Crippen LogP contribution in [0.1, 0.15) is 5.56 Å². The minimum atomic E-state index is -3.72. The summed E-state index contributed by atoms with van der Waals surface area (Å²) in [6.45, 7) is 1.88. The predicted molar refractivity (Wildman–Crippen MR) is 82.9 cm³/mol. The first kappa shape index (κ1) is 15.0. The highest BCUT2D eigenvalue weighted by Crippen LogP contribution is 2.32. The molecule has 0 unspecified atom stereocenters. The van der Waals surface area contributed by atoms with Gasteiger partial charge in [0.05, 0.1) is 26.3 Å². The van der Waals surface area contributed by atoms with Crippen molar-refractivity contribution in [3.05, 3.63) is 52.0 Å². The van der Waals surface area contributed by atoms with E-state index in [1.54, 1.807) is 12.1 Å². The molecule has 0 aromatic heterocycles. The molecule has 2 rings (SSSR count). The fourth-order valence-electron chi connectivity index (χ4n) is 1.57. The Hall–Kier alpha value is -1.43. The van der Waals surface area contributed by atoms with Crippen LogP contribution in [0, 0.1) is 6.92 Å². The second-order valence-corrected chi connectivity index (χ2v) is 6.77. The van der Waals surface area contributed by atoms with Gasteiger partial charge in [-0.15, -0.1) is 0 Å². The molecule has 0 radical (unpaired) electrons. The lowest BCUT2D eigenvalue weighted by Crippen LogP contribution is -2.13. The van der Waals surface area contributed by atoms with Gasteiger partial charge in [-0.2, -0.15) is 0 Å². The first-order valence-electron chi connectivity index (χ1n) is 5.63. The van der Waals surface area contributed by atoms with Gasteiger partial charge in [0.2, 0.25) is 0 Å². The van der Waals surface area contributed by atoms with Crippen LogP contribution in [-0.4, -0.2) is 8.42 Å². The number of hydrogen-bond acceptors (Lipinski definition) is 3. The minimum absolute atomic E-state index is 0.146. The van der Waals surface area contributed by atoms with Crippen LogP contribution in [0.5, 0.6) is 0 Å². The van der Waals surface area contributed by atoms with Gasteiger partial charge < -0.3 is 5.73 Å². The zero-order valence-electron chi connectivity index (χ0n) is 10.5. The van der Waals surface area contributed by atoms with E-state index < -0.39 is 10.0 Å².